The molecule has 1 aromatic carbocycles. The summed E-state index contributed by atoms with van der Waals surface area (Å²) in [5.74, 6) is -0.330. The zero-order valence-electron chi connectivity index (χ0n) is 10.2. The van der Waals surface area contributed by atoms with E-state index in [4.69, 9.17) is 0 Å². The lowest BCUT2D eigenvalue weighted by atomic mass is 10.1. The first-order valence-electron chi connectivity index (χ1n) is 5.90. The lowest BCUT2D eigenvalue weighted by Gasteiger charge is -2.10. The van der Waals surface area contributed by atoms with Gasteiger partial charge in [-0.15, -0.1) is 0 Å². The van der Waals surface area contributed by atoms with Crippen molar-refractivity contribution in [2.24, 2.45) is 5.92 Å². The molecule has 2 N–H and O–H groups in total. The fourth-order valence-electron chi connectivity index (χ4n) is 1.93. The third-order valence-corrected chi connectivity index (χ3v) is 3.00. The van der Waals surface area contributed by atoms with Gasteiger partial charge in [0.25, 0.3) is 0 Å². The highest BCUT2D eigenvalue weighted by molar-refractivity contribution is 5.94. The second-order valence-electron chi connectivity index (χ2n) is 4.25. The summed E-state index contributed by atoms with van der Waals surface area (Å²) in [5.41, 5.74) is 1.16. The molecule has 5 heteroatoms. The second kappa shape index (κ2) is 5.64. The number of benzene rings is 1. The van der Waals surface area contributed by atoms with Gasteiger partial charge in [-0.25, -0.2) is 4.79 Å². The van der Waals surface area contributed by atoms with E-state index in [0.717, 1.165) is 19.5 Å². The highest BCUT2D eigenvalue weighted by Crippen LogP contribution is 2.14. The number of anilines is 1. The lowest BCUT2D eigenvalue weighted by molar-refractivity contribution is -0.119. The lowest BCUT2D eigenvalue weighted by Crippen LogP contribution is -2.24. The molecule has 96 valence electrons. The summed E-state index contributed by atoms with van der Waals surface area (Å²) in [6, 6.07) is 6.67. The molecule has 2 rings (SSSR count). The van der Waals surface area contributed by atoms with Crippen molar-refractivity contribution in [2.75, 3.05) is 25.5 Å². The number of nitrogens with one attached hydrogen (secondary N) is 2. The van der Waals surface area contributed by atoms with Crippen LogP contribution in [0.5, 0.6) is 0 Å². The van der Waals surface area contributed by atoms with Gasteiger partial charge in [-0.05, 0) is 37.2 Å². The summed E-state index contributed by atoms with van der Waals surface area (Å²) in [6.07, 6.45) is 0.867. The van der Waals surface area contributed by atoms with Gasteiger partial charge in [0.05, 0.1) is 18.6 Å². The molecule has 1 aliphatic heterocycles. The predicted octanol–water partition coefficient (Wildman–Crippen LogP) is 1.02. The number of hydrogen-bond donors (Lipinski definition) is 2. The molecule has 1 atom stereocenters. The van der Waals surface area contributed by atoms with Gasteiger partial charge in [-0.3, -0.25) is 4.79 Å². The Morgan fingerprint density at radius 1 is 1.33 bits per heavy atom. The molecule has 0 bridgehead atoms. The molecule has 1 saturated heterocycles. The van der Waals surface area contributed by atoms with E-state index in [-0.39, 0.29) is 17.8 Å². The Bertz CT molecular complexity index is 436. The van der Waals surface area contributed by atoms with Crippen LogP contribution in [0.2, 0.25) is 0 Å². The molecule has 0 aromatic heterocycles. The van der Waals surface area contributed by atoms with Crippen LogP contribution in [0.25, 0.3) is 0 Å². The maximum absolute atomic E-state index is 11.8. The number of hydrogen-bond acceptors (Lipinski definition) is 4. The largest absolute Gasteiger partial charge is 0.465 e. The smallest absolute Gasteiger partial charge is 0.337 e. The Morgan fingerprint density at radius 3 is 2.61 bits per heavy atom. The Kier molecular flexibility index (Phi) is 3.94. The number of carbonyl (C=O) groups is 2. The van der Waals surface area contributed by atoms with Crippen LogP contribution in [-0.4, -0.2) is 32.1 Å². The van der Waals surface area contributed by atoms with Crippen molar-refractivity contribution in [3.05, 3.63) is 29.8 Å². The Balaban J connectivity index is 1.97. The number of esters is 1. The van der Waals surface area contributed by atoms with Crippen LogP contribution >= 0.6 is 0 Å². The third kappa shape index (κ3) is 2.87. The number of ether oxygens (including phenoxy) is 1. The molecule has 1 aliphatic rings. The van der Waals surface area contributed by atoms with E-state index in [2.05, 4.69) is 15.4 Å². The van der Waals surface area contributed by atoms with Crippen LogP contribution in [0.4, 0.5) is 5.69 Å². The molecule has 0 aliphatic carbocycles. The molecule has 1 amide bonds. The summed E-state index contributed by atoms with van der Waals surface area (Å²) in [4.78, 5) is 23.1. The van der Waals surface area contributed by atoms with E-state index in [1.165, 1.54) is 7.11 Å². The third-order valence-electron chi connectivity index (χ3n) is 3.00. The number of amides is 1. The molecule has 18 heavy (non-hydrogen) atoms. The minimum absolute atomic E-state index is 0.0193. The van der Waals surface area contributed by atoms with E-state index in [1.54, 1.807) is 24.3 Å². The molecule has 1 unspecified atom stereocenters. The van der Waals surface area contributed by atoms with Crippen molar-refractivity contribution in [2.45, 2.75) is 6.42 Å². The predicted molar refractivity (Wildman–Crippen MR) is 67.4 cm³/mol. The molecule has 1 heterocycles. The van der Waals surface area contributed by atoms with Gasteiger partial charge in [0.2, 0.25) is 5.91 Å². The van der Waals surface area contributed by atoms with Crippen molar-refractivity contribution < 1.29 is 14.3 Å². The van der Waals surface area contributed by atoms with Crippen LogP contribution in [0.15, 0.2) is 24.3 Å². The summed E-state index contributed by atoms with van der Waals surface area (Å²) < 4.78 is 4.60. The molecule has 1 aromatic rings. The zero-order chi connectivity index (χ0) is 13.0. The topological polar surface area (TPSA) is 67.4 Å². The molecular weight excluding hydrogens is 232 g/mol. The van der Waals surface area contributed by atoms with E-state index in [9.17, 15) is 9.59 Å². The van der Waals surface area contributed by atoms with Gasteiger partial charge in [0.1, 0.15) is 0 Å². The number of rotatable bonds is 3. The van der Waals surface area contributed by atoms with Crippen molar-refractivity contribution >= 4 is 17.6 Å². The Morgan fingerprint density at radius 2 is 2.06 bits per heavy atom. The Labute approximate surface area is 106 Å². The van der Waals surface area contributed by atoms with Crippen LogP contribution in [0, 0.1) is 5.92 Å². The normalized spacial score (nSPS) is 18.4. The number of carbonyl (C=O) groups excluding carboxylic acids is 2. The maximum Gasteiger partial charge on any atom is 0.337 e. The molecule has 0 saturated carbocycles. The van der Waals surface area contributed by atoms with Gasteiger partial charge in [0, 0.05) is 12.2 Å². The SMILES string of the molecule is COC(=O)c1ccc(NC(=O)C2CCNC2)cc1. The standard InChI is InChI=1S/C13H16N2O3/c1-18-13(17)9-2-4-11(5-3-9)15-12(16)10-6-7-14-8-10/h2-5,10,14H,6-8H2,1H3,(H,15,16). The zero-order valence-corrected chi connectivity index (χ0v) is 10.2. The van der Waals surface area contributed by atoms with Crippen molar-refractivity contribution in [3.63, 3.8) is 0 Å². The Hall–Kier alpha value is -1.88. The van der Waals surface area contributed by atoms with Gasteiger partial charge in [-0.1, -0.05) is 0 Å². The molecule has 0 spiro atoms. The van der Waals surface area contributed by atoms with Crippen LogP contribution < -0.4 is 10.6 Å². The molecule has 1 fully saturated rings. The summed E-state index contributed by atoms with van der Waals surface area (Å²) in [5, 5.41) is 5.99. The van der Waals surface area contributed by atoms with Gasteiger partial charge in [0.15, 0.2) is 0 Å². The summed E-state index contributed by atoms with van der Waals surface area (Å²) in [7, 11) is 1.34. The van der Waals surface area contributed by atoms with E-state index in [0.29, 0.717) is 11.3 Å². The maximum atomic E-state index is 11.8. The minimum atomic E-state index is -0.382. The van der Waals surface area contributed by atoms with E-state index < -0.39 is 0 Å². The first kappa shape index (κ1) is 12.6. The van der Waals surface area contributed by atoms with Gasteiger partial charge in [-0.2, -0.15) is 0 Å². The molecule has 0 radical (unpaired) electrons. The fourth-order valence-corrected chi connectivity index (χ4v) is 1.93. The van der Waals surface area contributed by atoms with Gasteiger partial charge < -0.3 is 15.4 Å². The van der Waals surface area contributed by atoms with Crippen LogP contribution in [0.3, 0.4) is 0 Å². The number of methoxy groups -OCH3 is 1. The van der Waals surface area contributed by atoms with E-state index >= 15 is 0 Å². The first-order valence-corrected chi connectivity index (χ1v) is 5.90. The molecular formula is C13H16N2O3. The summed E-state index contributed by atoms with van der Waals surface area (Å²) >= 11 is 0. The fraction of sp³-hybridized carbons (Fsp3) is 0.385. The van der Waals surface area contributed by atoms with Crippen molar-refractivity contribution in [3.8, 4) is 0 Å². The van der Waals surface area contributed by atoms with Crippen LogP contribution in [0.1, 0.15) is 16.8 Å². The van der Waals surface area contributed by atoms with Crippen molar-refractivity contribution in [1.29, 1.82) is 0 Å². The molecule has 5 nitrogen and oxygen atoms in total. The van der Waals surface area contributed by atoms with Crippen LogP contribution in [-0.2, 0) is 9.53 Å². The second-order valence-corrected chi connectivity index (χ2v) is 4.25. The highest BCUT2D eigenvalue weighted by Gasteiger charge is 2.22. The average Bonchev–Trinajstić information content (AvgIpc) is 2.92. The average molecular weight is 248 g/mol. The quantitative estimate of drug-likeness (QED) is 0.784. The first-order chi connectivity index (χ1) is 8.70. The van der Waals surface area contributed by atoms with Crippen molar-refractivity contribution in [1.82, 2.24) is 5.32 Å². The highest BCUT2D eigenvalue weighted by atomic mass is 16.5. The monoisotopic (exact) mass is 248 g/mol. The van der Waals surface area contributed by atoms with E-state index in [1.807, 2.05) is 0 Å². The van der Waals surface area contributed by atoms with Gasteiger partial charge >= 0.3 is 5.97 Å². The minimum Gasteiger partial charge on any atom is -0.465 e. The summed E-state index contributed by atoms with van der Waals surface area (Å²) in [6.45, 7) is 1.62.